The van der Waals surface area contributed by atoms with Crippen LogP contribution in [0.1, 0.15) is 42.6 Å². The molecular formula is C12H17N5S. The minimum Gasteiger partial charge on any atom is -0.325 e. The molecule has 0 aromatic carbocycles. The molecule has 0 aliphatic heterocycles. The Morgan fingerprint density at radius 1 is 1.39 bits per heavy atom. The van der Waals surface area contributed by atoms with Crippen molar-refractivity contribution in [3.8, 4) is 11.5 Å². The van der Waals surface area contributed by atoms with E-state index in [1.165, 1.54) is 25.7 Å². The average Bonchev–Trinajstić information content (AvgIpc) is 3.07. The number of aryl methyl sites for hydroxylation is 1. The van der Waals surface area contributed by atoms with Crippen LogP contribution in [0.2, 0.25) is 0 Å². The molecule has 0 spiro atoms. The lowest BCUT2D eigenvalue weighted by molar-refractivity contribution is 0.510. The zero-order valence-electron chi connectivity index (χ0n) is 10.5. The molecule has 1 aliphatic rings. The molecule has 3 rings (SSSR count). The lowest BCUT2D eigenvalue weighted by Gasteiger charge is -2.14. The van der Waals surface area contributed by atoms with Gasteiger partial charge in [-0.15, -0.1) is 21.5 Å². The maximum atomic E-state index is 5.61. The number of rotatable bonds is 3. The summed E-state index contributed by atoms with van der Waals surface area (Å²) in [5.74, 6) is 1.88. The van der Waals surface area contributed by atoms with E-state index < -0.39 is 0 Å². The summed E-state index contributed by atoms with van der Waals surface area (Å²) in [6.07, 6.45) is 5.04. The smallest absolute Gasteiger partial charge is 0.183 e. The summed E-state index contributed by atoms with van der Waals surface area (Å²) in [5, 5.41) is 11.5. The Kier molecular flexibility index (Phi) is 3.13. The lowest BCUT2D eigenvalue weighted by atomic mass is 10.2. The van der Waals surface area contributed by atoms with Gasteiger partial charge in [-0.1, -0.05) is 12.8 Å². The third kappa shape index (κ3) is 1.95. The number of nitrogens with zero attached hydrogens (tertiary/aromatic N) is 4. The van der Waals surface area contributed by atoms with E-state index in [2.05, 4.69) is 19.7 Å². The van der Waals surface area contributed by atoms with Crippen molar-refractivity contribution in [2.24, 2.45) is 5.73 Å². The molecule has 2 aromatic rings. The quantitative estimate of drug-likeness (QED) is 0.922. The molecule has 1 fully saturated rings. The second kappa shape index (κ2) is 4.78. The van der Waals surface area contributed by atoms with Crippen LogP contribution in [0.25, 0.3) is 11.5 Å². The molecule has 0 bridgehead atoms. The molecular weight excluding hydrogens is 246 g/mol. The molecule has 2 heterocycles. The maximum absolute atomic E-state index is 5.61. The van der Waals surface area contributed by atoms with Gasteiger partial charge in [0.25, 0.3) is 0 Å². The van der Waals surface area contributed by atoms with Gasteiger partial charge in [0.15, 0.2) is 5.82 Å². The summed E-state index contributed by atoms with van der Waals surface area (Å²) >= 11 is 1.59. The topological polar surface area (TPSA) is 69.6 Å². The number of hydrogen-bond acceptors (Lipinski definition) is 5. The molecule has 2 N–H and O–H groups in total. The maximum Gasteiger partial charge on any atom is 0.183 e. The van der Waals surface area contributed by atoms with Crippen molar-refractivity contribution in [1.82, 2.24) is 19.7 Å². The van der Waals surface area contributed by atoms with E-state index in [9.17, 15) is 0 Å². The second-order valence-corrected chi connectivity index (χ2v) is 5.65. The first kappa shape index (κ1) is 11.8. The number of nitrogens with two attached hydrogens (primary N) is 1. The first-order valence-corrected chi connectivity index (χ1v) is 7.24. The van der Waals surface area contributed by atoms with Gasteiger partial charge in [-0.25, -0.2) is 4.98 Å². The fourth-order valence-corrected chi connectivity index (χ4v) is 3.30. The van der Waals surface area contributed by atoms with Crippen molar-refractivity contribution >= 4 is 11.3 Å². The summed E-state index contributed by atoms with van der Waals surface area (Å²) in [7, 11) is 0. The van der Waals surface area contributed by atoms with E-state index >= 15 is 0 Å². The molecule has 18 heavy (non-hydrogen) atoms. The van der Waals surface area contributed by atoms with Crippen LogP contribution in [0.15, 0.2) is 5.38 Å². The Morgan fingerprint density at radius 3 is 2.83 bits per heavy atom. The average molecular weight is 263 g/mol. The predicted octanol–water partition coefficient (Wildman–Crippen LogP) is 2.28. The molecule has 1 aliphatic carbocycles. The lowest BCUT2D eigenvalue weighted by Crippen LogP contribution is -2.09. The highest BCUT2D eigenvalue weighted by molar-refractivity contribution is 7.09. The molecule has 96 valence electrons. The van der Waals surface area contributed by atoms with Gasteiger partial charge in [0.2, 0.25) is 0 Å². The highest BCUT2D eigenvalue weighted by atomic mass is 32.1. The largest absolute Gasteiger partial charge is 0.325 e. The standard InChI is InChI=1S/C12H17N5S/c1-8-15-16-12(10-7-18-11(6-13)14-10)17(8)9-4-2-3-5-9/h7,9H,2-6,13H2,1H3. The highest BCUT2D eigenvalue weighted by Crippen LogP contribution is 2.33. The number of thiazole rings is 1. The van der Waals surface area contributed by atoms with Crippen LogP contribution in [0.5, 0.6) is 0 Å². The Bertz CT molecular complexity index is 538. The fraction of sp³-hybridized carbons (Fsp3) is 0.583. The minimum absolute atomic E-state index is 0.487. The number of aromatic nitrogens is 4. The molecule has 1 saturated carbocycles. The normalized spacial score (nSPS) is 16.6. The van der Waals surface area contributed by atoms with Gasteiger partial charge in [-0.2, -0.15) is 0 Å². The van der Waals surface area contributed by atoms with Crippen LogP contribution in [0.4, 0.5) is 0 Å². The molecule has 0 amide bonds. The Balaban J connectivity index is 2.01. The van der Waals surface area contributed by atoms with Crippen LogP contribution < -0.4 is 5.73 Å². The van der Waals surface area contributed by atoms with Crippen molar-refractivity contribution in [1.29, 1.82) is 0 Å². The van der Waals surface area contributed by atoms with Gasteiger partial charge in [0.1, 0.15) is 16.5 Å². The van der Waals surface area contributed by atoms with Gasteiger partial charge in [0.05, 0.1) is 0 Å². The molecule has 2 aromatic heterocycles. The summed E-state index contributed by atoms with van der Waals surface area (Å²) in [6, 6.07) is 0.540. The molecule has 0 atom stereocenters. The molecule has 0 radical (unpaired) electrons. The molecule has 0 unspecified atom stereocenters. The first-order valence-electron chi connectivity index (χ1n) is 6.36. The fourth-order valence-electron chi connectivity index (χ4n) is 2.65. The van der Waals surface area contributed by atoms with Gasteiger partial charge >= 0.3 is 0 Å². The van der Waals surface area contributed by atoms with Gasteiger partial charge in [0, 0.05) is 18.0 Å². The van der Waals surface area contributed by atoms with E-state index in [0.717, 1.165) is 22.4 Å². The van der Waals surface area contributed by atoms with Crippen molar-refractivity contribution in [3.63, 3.8) is 0 Å². The number of hydrogen-bond donors (Lipinski definition) is 1. The summed E-state index contributed by atoms with van der Waals surface area (Å²) in [4.78, 5) is 4.51. The van der Waals surface area contributed by atoms with Gasteiger partial charge < -0.3 is 10.3 Å². The SMILES string of the molecule is Cc1nnc(-c2csc(CN)n2)n1C1CCCC1. The summed E-state index contributed by atoms with van der Waals surface area (Å²) in [6.45, 7) is 2.51. The van der Waals surface area contributed by atoms with E-state index in [1.54, 1.807) is 11.3 Å². The van der Waals surface area contributed by atoms with Crippen molar-refractivity contribution in [2.45, 2.75) is 45.2 Å². The molecule has 5 nitrogen and oxygen atoms in total. The minimum atomic E-state index is 0.487. The van der Waals surface area contributed by atoms with Crippen molar-refractivity contribution in [3.05, 3.63) is 16.2 Å². The molecule has 0 saturated heterocycles. The van der Waals surface area contributed by atoms with Crippen molar-refractivity contribution in [2.75, 3.05) is 0 Å². The van der Waals surface area contributed by atoms with Crippen LogP contribution in [0, 0.1) is 6.92 Å². The van der Waals surface area contributed by atoms with E-state index in [4.69, 9.17) is 5.73 Å². The first-order chi connectivity index (χ1) is 8.79. The van der Waals surface area contributed by atoms with E-state index in [-0.39, 0.29) is 0 Å². The summed E-state index contributed by atoms with van der Waals surface area (Å²) < 4.78 is 2.25. The monoisotopic (exact) mass is 263 g/mol. The van der Waals surface area contributed by atoms with Crippen LogP contribution in [-0.2, 0) is 6.54 Å². The molecule has 6 heteroatoms. The van der Waals surface area contributed by atoms with E-state index in [0.29, 0.717) is 12.6 Å². The zero-order chi connectivity index (χ0) is 12.5. The Morgan fingerprint density at radius 2 is 2.17 bits per heavy atom. The third-order valence-corrected chi connectivity index (χ3v) is 4.38. The Hall–Kier alpha value is -1.27. The van der Waals surface area contributed by atoms with E-state index in [1.807, 2.05) is 12.3 Å². The van der Waals surface area contributed by atoms with Crippen LogP contribution in [0.3, 0.4) is 0 Å². The summed E-state index contributed by atoms with van der Waals surface area (Å²) in [5.41, 5.74) is 6.52. The van der Waals surface area contributed by atoms with Crippen LogP contribution in [-0.4, -0.2) is 19.7 Å². The van der Waals surface area contributed by atoms with Gasteiger partial charge in [-0.05, 0) is 19.8 Å². The highest BCUT2D eigenvalue weighted by Gasteiger charge is 2.23. The van der Waals surface area contributed by atoms with Crippen molar-refractivity contribution < 1.29 is 0 Å². The van der Waals surface area contributed by atoms with Gasteiger partial charge in [-0.3, -0.25) is 0 Å². The second-order valence-electron chi connectivity index (χ2n) is 4.71. The van der Waals surface area contributed by atoms with Crippen LogP contribution >= 0.6 is 11.3 Å². The zero-order valence-corrected chi connectivity index (χ0v) is 11.3. The Labute approximate surface area is 110 Å². The predicted molar refractivity (Wildman–Crippen MR) is 71.3 cm³/mol. The third-order valence-electron chi connectivity index (χ3n) is 3.51.